The molecule has 0 saturated carbocycles. The molecule has 0 atom stereocenters. The van der Waals surface area contributed by atoms with Gasteiger partial charge in [0.25, 0.3) is 0 Å². The van der Waals surface area contributed by atoms with Crippen LogP contribution in [0.4, 0.5) is 11.4 Å². The molecule has 2 heterocycles. The highest BCUT2D eigenvalue weighted by atomic mass is 32.2. The van der Waals surface area contributed by atoms with E-state index in [4.69, 9.17) is 0 Å². The Labute approximate surface area is 235 Å². The van der Waals surface area contributed by atoms with Crippen LogP contribution in [0.15, 0.2) is 78.9 Å². The third-order valence-electron chi connectivity index (χ3n) is 7.48. The minimum absolute atomic E-state index is 0.251. The summed E-state index contributed by atoms with van der Waals surface area (Å²) in [6, 6.07) is 25.7. The van der Waals surface area contributed by atoms with Crippen molar-refractivity contribution in [2.24, 2.45) is 0 Å². The minimum atomic E-state index is -4.21. The first-order chi connectivity index (χ1) is 18.5. The Morgan fingerprint density at radius 2 is 1.67 bits per heavy atom. The molecule has 39 heavy (non-hydrogen) atoms. The van der Waals surface area contributed by atoms with E-state index in [1.54, 1.807) is 11.3 Å². The van der Waals surface area contributed by atoms with Gasteiger partial charge in [-0.15, -0.1) is 11.3 Å². The minimum Gasteiger partial charge on any atom is -0.748 e. The number of thiophene rings is 1. The Kier molecular flexibility index (Phi) is 7.51. The maximum Gasteiger partial charge on any atom is 0.210 e. The van der Waals surface area contributed by atoms with E-state index in [1.165, 1.54) is 43.1 Å². The van der Waals surface area contributed by atoms with Crippen molar-refractivity contribution in [2.45, 2.75) is 32.1 Å². The molecule has 5 nitrogen and oxygen atoms in total. The smallest absolute Gasteiger partial charge is 0.210 e. The summed E-state index contributed by atoms with van der Waals surface area (Å²) in [7, 11) is -0.124. The number of nitrogens with zero attached hydrogens (tertiary/aromatic N) is 2. The third kappa shape index (κ3) is 5.71. The molecule has 0 N–H and O–H groups in total. The van der Waals surface area contributed by atoms with E-state index < -0.39 is 10.1 Å². The van der Waals surface area contributed by atoms with Crippen molar-refractivity contribution in [1.29, 1.82) is 0 Å². The lowest BCUT2D eigenvalue weighted by Gasteiger charge is -2.17. The van der Waals surface area contributed by atoms with E-state index in [2.05, 4.69) is 108 Å². The summed E-state index contributed by atoms with van der Waals surface area (Å²) in [5.41, 5.74) is 5.73. The first-order valence-electron chi connectivity index (χ1n) is 13.2. The number of allylic oxidation sites excluding steroid dienone is 1. The predicted octanol–water partition coefficient (Wildman–Crippen LogP) is 7.05. The molecule has 0 fully saturated rings. The Balaban J connectivity index is 1.48. The number of rotatable bonds is 9. The second-order valence-electron chi connectivity index (χ2n) is 10.8. The summed E-state index contributed by atoms with van der Waals surface area (Å²) in [5, 5.41) is 2.44. The maximum absolute atomic E-state index is 11.2. The van der Waals surface area contributed by atoms with Gasteiger partial charge in [0.2, 0.25) is 5.69 Å². The van der Waals surface area contributed by atoms with Gasteiger partial charge in [-0.3, -0.25) is 0 Å². The molecular formula is C32H34N2O3S2. The van der Waals surface area contributed by atoms with Crippen molar-refractivity contribution in [3.05, 3.63) is 89.3 Å². The van der Waals surface area contributed by atoms with Gasteiger partial charge in [0.15, 0.2) is 5.71 Å². The van der Waals surface area contributed by atoms with Crippen molar-refractivity contribution in [2.75, 3.05) is 31.3 Å². The van der Waals surface area contributed by atoms with Gasteiger partial charge in [-0.2, -0.15) is 4.58 Å². The van der Waals surface area contributed by atoms with Crippen LogP contribution in [0.3, 0.4) is 0 Å². The van der Waals surface area contributed by atoms with Crippen molar-refractivity contribution in [1.82, 2.24) is 0 Å². The molecule has 0 spiro atoms. The van der Waals surface area contributed by atoms with Crippen LogP contribution in [0.25, 0.3) is 27.3 Å². The molecule has 0 aliphatic carbocycles. The van der Waals surface area contributed by atoms with E-state index >= 15 is 0 Å². The van der Waals surface area contributed by atoms with E-state index in [-0.39, 0.29) is 11.2 Å². The number of hydrogen-bond donors (Lipinski definition) is 0. The van der Waals surface area contributed by atoms with Crippen molar-refractivity contribution < 1.29 is 17.5 Å². The van der Waals surface area contributed by atoms with Gasteiger partial charge in [0, 0.05) is 59.4 Å². The summed E-state index contributed by atoms with van der Waals surface area (Å²) in [6.07, 6.45) is 5.36. The summed E-state index contributed by atoms with van der Waals surface area (Å²) >= 11 is 1.76. The fraction of sp³-hybridized carbons (Fsp3) is 0.281. The quantitative estimate of drug-likeness (QED) is 0.125. The number of unbranched alkanes of at least 4 members (excludes halogenated alkanes) is 1. The standard InChI is InChI=1S/C32H34N2O3S2/c1-32(2)30(20-17-26-16-19-29(38-26)24-11-14-25(15-12-24)33(3)4)34(21-7-8-22-39(35,36)37)28-18-13-23-9-5-6-10-27(23)31(28)32/h5-6,9-20H,7-8,21-22H2,1-4H3. The normalized spacial score (nSPS) is 14.9. The molecular weight excluding hydrogens is 524 g/mol. The average Bonchev–Trinajstić information content (AvgIpc) is 3.45. The maximum atomic E-state index is 11.2. The van der Waals surface area contributed by atoms with Gasteiger partial charge in [-0.25, -0.2) is 8.42 Å². The average molecular weight is 559 g/mol. The summed E-state index contributed by atoms with van der Waals surface area (Å²) in [5.74, 6) is -0.326. The summed E-state index contributed by atoms with van der Waals surface area (Å²) in [4.78, 5) is 4.49. The molecule has 0 amide bonds. The molecule has 0 saturated heterocycles. The zero-order chi connectivity index (χ0) is 27.8. The molecule has 7 heteroatoms. The molecule has 5 rings (SSSR count). The monoisotopic (exact) mass is 558 g/mol. The zero-order valence-corrected chi connectivity index (χ0v) is 24.5. The number of benzene rings is 3. The van der Waals surface area contributed by atoms with Gasteiger partial charge in [-0.05, 0) is 73.0 Å². The highest BCUT2D eigenvalue weighted by molar-refractivity contribution is 7.85. The van der Waals surface area contributed by atoms with Crippen LogP contribution in [-0.2, 0) is 15.5 Å². The van der Waals surface area contributed by atoms with Crippen LogP contribution >= 0.6 is 11.3 Å². The van der Waals surface area contributed by atoms with Crippen molar-refractivity contribution >= 4 is 55.4 Å². The Morgan fingerprint density at radius 1 is 0.923 bits per heavy atom. The third-order valence-corrected chi connectivity index (χ3v) is 9.37. The topological polar surface area (TPSA) is 63.5 Å². The lowest BCUT2D eigenvalue weighted by atomic mass is 9.79. The highest BCUT2D eigenvalue weighted by Gasteiger charge is 2.45. The molecule has 202 valence electrons. The van der Waals surface area contributed by atoms with Crippen LogP contribution in [-0.4, -0.2) is 49.7 Å². The van der Waals surface area contributed by atoms with Gasteiger partial charge in [-0.1, -0.05) is 36.4 Å². The van der Waals surface area contributed by atoms with Gasteiger partial charge in [0.05, 0.1) is 15.5 Å². The van der Waals surface area contributed by atoms with Gasteiger partial charge in [0.1, 0.15) is 6.54 Å². The summed E-state index contributed by atoms with van der Waals surface area (Å²) < 4.78 is 35.8. The Morgan fingerprint density at radius 3 is 2.38 bits per heavy atom. The first-order valence-corrected chi connectivity index (χ1v) is 15.6. The zero-order valence-electron chi connectivity index (χ0n) is 22.8. The van der Waals surface area contributed by atoms with Gasteiger partial charge >= 0.3 is 0 Å². The molecule has 1 aliphatic rings. The van der Waals surface area contributed by atoms with Crippen LogP contribution in [0.2, 0.25) is 0 Å². The SMILES string of the molecule is CN(C)c1ccc(-c2ccc(/C=C/C3=[N+](CCCCS(=O)(=O)[O-])c4ccc5ccccc5c4C3(C)C)s2)cc1. The van der Waals surface area contributed by atoms with E-state index in [0.717, 1.165) is 5.69 Å². The van der Waals surface area contributed by atoms with Crippen LogP contribution < -0.4 is 4.90 Å². The van der Waals surface area contributed by atoms with Gasteiger partial charge < -0.3 is 9.45 Å². The second kappa shape index (κ2) is 10.7. The number of anilines is 1. The molecule has 0 radical (unpaired) electrons. The fourth-order valence-corrected chi connectivity index (χ4v) is 6.98. The van der Waals surface area contributed by atoms with E-state index in [9.17, 15) is 13.0 Å². The van der Waals surface area contributed by atoms with E-state index in [1.807, 2.05) is 14.1 Å². The van der Waals surface area contributed by atoms with Crippen molar-refractivity contribution in [3.63, 3.8) is 0 Å². The first kappa shape index (κ1) is 27.3. The van der Waals surface area contributed by atoms with Crippen LogP contribution in [0, 0.1) is 0 Å². The predicted molar refractivity (Wildman–Crippen MR) is 164 cm³/mol. The van der Waals surface area contributed by atoms with Crippen molar-refractivity contribution in [3.8, 4) is 10.4 Å². The molecule has 1 aromatic heterocycles. The second-order valence-corrected chi connectivity index (χ2v) is 13.4. The fourth-order valence-electron chi connectivity index (χ4n) is 5.51. The lowest BCUT2D eigenvalue weighted by Crippen LogP contribution is -2.28. The number of fused-ring (bicyclic) bond motifs is 3. The largest absolute Gasteiger partial charge is 0.748 e. The lowest BCUT2D eigenvalue weighted by molar-refractivity contribution is -0.438. The molecule has 0 bridgehead atoms. The number of hydrogen-bond acceptors (Lipinski definition) is 5. The Hall–Kier alpha value is -3.26. The van der Waals surface area contributed by atoms with Crippen LogP contribution in [0.5, 0.6) is 0 Å². The highest BCUT2D eigenvalue weighted by Crippen LogP contribution is 2.44. The molecule has 3 aromatic carbocycles. The summed E-state index contributed by atoms with van der Waals surface area (Å²) in [6.45, 7) is 5.16. The molecule has 0 unspecified atom stereocenters. The molecule has 4 aromatic rings. The Bertz CT molecular complexity index is 1680. The van der Waals surface area contributed by atoms with Crippen LogP contribution in [0.1, 0.15) is 37.1 Å². The molecule has 1 aliphatic heterocycles. The van der Waals surface area contributed by atoms with E-state index in [0.29, 0.717) is 19.4 Å².